The third-order valence-electron chi connectivity index (χ3n) is 6.11. The number of anilines is 1. The molecule has 0 spiro atoms. The van der Waals surface area contributed by atoms with E-state index >= 15 is 0 Å². The molecule has 1 saturated carbocycles. The summed E-state index contributed by atoms with van der Waals surface area (Å²) in [6.07, 6.45) is 5.42. The van der Waals surface area contributed by atoms with Gasteiger partial charge in [0.1, 0.15) is 11.6 Å². The maximum Gasteiger partial charge on any atom is 0.322 e. The molecule has 2 fully saturated rings. The highest BCUT2D eigenvalue weighted by Gasteiger charge is 2.44. The molecule has 0 aromatic heterocycles. The van der Waals surface area contributed by atoms with Gasteiger partial charge >= 0.3 is 6.03 Å². The molecular weight excluding hydrogens is 384 g/mol. The normalized spacial score (nSPS) is 21.3. The summed E-state index contributed by atoms with van der Waals surface area (Å²) in [4.78, 5) is 51.6. The average molecular weight is 415 g/mol. The van der Waals surface area contributed by atoms with Crippen molar-refractivity contribution in [3.05, 3.63) is 30.3 Å². The number of amides is 5. The Balaban J connectivity index is 1.87. The lowest BCUT2D eigenvalue weighted by atomic mass is 9.90. The second-order valence-corrected chi connectivity index (χ2v) is 8.22. The third-order valence-corrected chi connectivity index (χ3v) is 6.11. The van der Waals surface area contributed by atoms with E-state index in [1.165, 1.54) is 11.3 Å². The molecule has 1 aromatic carbocycles. The molecule has 30 heavy (non-hydrogen) atoms. The van der Waals surface area contributed by atoms with Gasteiger partial charge < -0.3 is 10.6 Å². The molecule has 1 heterocycles. The molecule has 3 N–H and O–H groups in total. The summed E-state index contributed by atoms with van der Waals surface area (Å²) in [5.41, 5.74) is -0.551. The monoisotopic (exact) mass is 414 g/mol. The van der Waals surface area contributed by atoms with E-state index in [9.17, 15) is 19.2 Å². The Morgan fingerprint density at radius 2 is 1.80 bits per heavy atom. The first-order valence-electron chi connectivity index (χ1n) is 10.7. The minimum atomic E-state index is -1.13. The Kier molecular flexibility index (Phi) is 6.74. The van der Waals surface area contributed by atoms with Crippen LogP contribution in [0.3, 0.4) is 0 Å². The van der Waals surface area contributed by atoms with Crippen LogP contribution in [-0.4, -0.2) is 41.4 Å². The van der Waals surface area contributed by atoms with Crippen molar-refractivity contribution < 1.29 is 19.2 Å². The maximum atomic E-state index is 13.4. The van der Waals surface area contributed by atoms with Crippen LogP contribution >= 0.6 is 0 Å². The van der Waals surface area contributed by atoms with Gasteiger partial charge in [0.05, 0.1) is 6.42 Å². The summed E-state index contributed by atoms with van der Waals surface area (Å²) < 4.78 is 0. The molecule has 1 aliphatic heterocycles. The first-order chi connectivity index (χ1) is 14.3. The first-order valence-corrected chi connectivity index (χ1v) is 10.7. The summed E-state index contributed by atoms with van der Waals surface area (Å²) in [7, 11) is 0. The molecule has 162 valence electrons. The number of para-hydroxylation sites is 1. The van der Waals surface area contributed by atoms with Crippen molar-refractivity contribution in [3.8, 4) is 0 Å². The molecule has 1 aliphatic carbocycles. The van der Waals surface area contributed by atoms with E-state index in [1.807, 2.05) is 13.0 Å². The van der Waals surface area contributed by atoms with Gasteiger partial charge in [-0.25, -0.2) is 4.79 Å². The smallest absolute Gasteiger partial charge is 0.322 e. The summed E-state index contributed by atoms with van der Waals surface area (Å²) in [5.74, 6) is -1.13. The van der Waals surface area contributed by atoms with Crippen LogP contribution in [0.5, 0.6) is 0 Å². The summed E-state index contributed by atoms with van der Waals surface area (Å²) in [6, 6.07) is 7.53. The van der Waals surface area contributed by atoms with E-state index in [4.69, 9.17) is 0 Å². The van der Waals surface area contributed by atoms with Gasteiger partial charge in [-0.1, -0.05) is 44.4 Å². The number of hydrogen-bond donors (Lipinski definition) is 3. The van der Waals surface area contributed by atoms with Crippen LogP contribution in [0.4, 0.5) is 10.5 Å². The summed E-state index contributed by atoms with van der Waals surface area (Å²) in [5, 5.41) is 7.74. The van der Waals surface area contributed by atoms with Gasteiger partial charge in [-0.15, -0.1) is 0 Å². The molecule has 3 rings (SSSR count). The second kappa shape index (κ2) is 9.28. The number of carbonyl (C=O) groups is 4. The molecule has 0 radical (unpaired) electrons. The van der Waals surface area contributed by atoms with Crippen LogP contribution in [0.1, 0.15) is 58.8 Å². The minimum Gasteiger partial charge on any atom is -0.351 e. The van der Waals surface area contributed by atoms with Gasteiger partial charge in [-0.3, -0.25) is 24.6 Å². The van der Waals surface area contributed by atoms with E-state index in [0.29, 0.717) is 12.1 Å². The molecule has 1 saturated heterocycles. The first kappa shape index (κ1) is 21.8. The number of urea groups is 1. The fourth-order valence-corrected chi connectivity index (χ4v) is 4.16. The summed E-state index contributed by atoms with van der Waals surface area (Å²) in [6.45, 7) is 3.62. The number of rotatable bonds is 7. The maximum absolute atomic E-state index is 13.4. The number of hydrogen-bond acceptors (Lipinski definition) is 4. The number of nitrogens with one attached hydrogen (secondary N) is 3. The van der Waals surface area contributed by atoms with Crippen molar-refractivity contribution in [2.45, 2.75) is 76.4 Å². The summed E-state index contributed by atoms with van der Waals surface area (Å²) >= 11 is 0. The van der Waals surface area contributed by atoms with Crippen molar-refractivity contribution in [1.29, 1.82) is 0 Å². The molecule has 5 amide bonds. The Morgan fingerprint density at radius 1 is 1.13 bits per heavy atom. The SMILES string of the molecule is CC[C@@](C)(C(=O)NC1CCCCC1)N(C(=O)C[C@H]1NC(=O)NC1=O)c1ccccc1. The highest BCUT2D eigenvalue weighted by atomic mass is 16.2. The molecular formula is C22H30N4O4. The quantitative estimate of drug-likeness (QED) is 0.595. The van der Waals surface area contributed by atoms with Gasteiger partial charge in [0.15, 0.2) is 0 Å². The molecule has 2 aliphatic rings. The largest absolute Gasteiger partial charge is 0.351 e. The third kappa shape index (κ3) is 4.63. The minimum absolute atomic E-state index is 0.116. The van der Waals surface area contributed by atoms with E-state index in [-0.39, 0.29) is 18.4 Å². The lowest BCUT2D eigenvalue weighted by Gasteiger charge is -2.41. The van der Waals surface area contributed by atoms with Crippen molar-refractivity contribution in [1.82, 2.24) is 16.0 Å². The number of imide groups is 1. The predicted molar refractivity (Wildman–Crippen MR) is 113 cm³/mol. The zero-order chi connectivity index (χ0) is 21.7. The highest BCUT2D eigenvalue weighted by Crippen LogP contribution is 2.30. The number of carbonyl (C=O) groups excluding carboxylic acids is 4. The van der Waals surface area contributed by atoms with Crippen molar-refractivity contribution in [2.75, 3.05) is 4.90 Å². The topological polar surface area (TPSA) is 108 Å². The van der Waals surface area contributed by atoms with Crippen molar-refractivity contribution >= 4 is 29.4 Å². The van der Waals surface area contributed by atoms with Crippen LogP contribution in [0.15, 0.2) is 30.3 Å². The van der Waals surface area contributed by atoms with E-state index < -0.39 is 29.4 Å². The van der Waals surface area contributed by atoms with Crippen LogP contribution in [0.25, 0.3) is 0 Å². The average Bonchev–Trinajstić information content (AvgIpc) is 3.06. The van der Waals surface area contributed by atoms with Crippen molar-refractivity contribution in [2.24, 2.45) is 0 Å². The Bertz CT molecular complexity index is 807. The number of nitrogens with zero attached hydrogens (tertiary/aromatic N) is 1. The van der Waals surface area contributed by atoms with Crippen LogP contribution < -0.4 is 20.9 Å². The molecule has 8 heteroatoms. The molecule has 0 unspecified atom stereocenters. The fraction of sp³-hybridized carbons (Fsp3) is 0.545. The molecule has 1 aromatic rings. The van der Waals surface area contributed by atoms with Crippen LogP contribution in [-0.2, 0) is 14.4 Å². The van der Waals surface area contributed by atoms with Gasteiger partial charge in [0.25, 0.3) is 5.91 Å². The second-order valence-electron chi connectivity index (χ2n) is 8.22. The zero-order valence-corrected chi connectivity index (χ0v) is 17.6. The Labute approximate surface area is 176 Å². The van der Waals surface area contributed by atoms with Gasteiger partial charge in [0.2, 0.25) is 11.8 Å². The Morgan fingerprint density at radius 3 is 2.37 bits per heavy atom. The lowest BCUT2D eigenvalue weighted by molar-refractivity contribution is -0.131. The molecule has 2 atom stereocenters. The Hall–Kier alpha value is -2.90. The van der Waals surface area contributed by atoms with E-state index in [1.54, 1.807) is 31.2 Å². The molecule has 8 nitrogen and oxygen atoms in total. The zero-order valence-electron chi connectivity index (χ0n) is 17.6. The van der Waals surface area contributed by atoms with Gasteiger partial charge in [-0.2, -0.15) is 0 Å². The predicted octanol–water partition coefficient (Wildman–Crippen LogP) is 2.24. The van der Waals surface area contributed by atoms with Gasteiger partial charge in [-0.05, 0) is 38.3 Å². The van der Waals surface area contributed by atoms with E-state index in [0.717, 1.165) is 25.7 Å². The lowest BCUT2D eigenvalue weighted by Crippen LogP contribution is -2.61. The fourth-order valence-electron chi connectivity index (χ4n) is 4.16. The van der Waals surface area contributed by atoms with Crippen LogP contribution in [0, 0.1) is 0 Å². The van der Waals surface area contributed by atoms with Crippen molar-refractivity contribution in [3.63, 3.8) is 0 Å². The van der Waals surface area contributed by atoms with E-state index in [2.05, 4.69) is 16.0 Å². The number of benzene rings is 1. The van der Waals surface area contributed by atoms with Gasteiger partial charge in [0, 0.05) is 11.7 Å². The highest BCUT2D eigenvalue weighted by molar-refractivity contribution is 6.09. The van der Waals surface area contributed by atoms with Crippen LogP contribution in [0.2, 0.25) is 0 Å². The molecule has 0 bridgehead atoms. The standard InChI is InChI=1S/C22H30N4O4/c1-3-22(2,20(29)23-15-10-6-4-7-11-15)26(16-12-8-5-9-13-16)18(27)14-17-19(28)25-21(30)24-17/h5,8-9,12-13,15,17H,3-4,6-7,10-11,14H2,1-2H3,(H,23,29)(H2,24,25,28,30)/t17-,22+/m1/s1.